The number of hydrogen-bond acceptors (Lipinski definition) is 6. The third-order valence-electron chi connectivity index (χ3n) is 4.80. The number of imidazole rings is 1. The number of nitrogens with zero attached hydrogens (tertiary/aromatic N) is 3. The van der Waals surface area contributed by atoms with Crippen molar-refractivity contribution < 1.29 is 14.3 Å². The van der Waals surface area contributed by atoms with E-state index >= 15 is 0 Å². The fourth-order valence-electron chi connectivity index (χ4n) is 3.36. The third kappa shape index (κ3) is 3.84. The highest BCUT2D eigenvalue weighted by molar-refractivity contribution is 5.97. The van der Waals surface area contributed by atoms with E-state index in [1.165, 1.54) is 0 Å². The second-order valence-corrected chi connectivity index (χ2v) is 6.57. The van der Waals surface area contributed by atoms with E-state index in [9.17, 15) is 4.79 Å². The molecule has 0 saturated heterocycles. The van der Waals surface area contributed by atoms with Crippen molar-refractivity contribution in [2.24, 2.45) is 0 Å². The predicted octanol–water partition coefficient (Wildman–Crippen LogP) is 2.48. The molecule has 2 aromatic heterocycles. The Labute approximate surface area is 156 Å². The molecular weight excluding hydrogens is 346 g/mol. The first kappa shape index (κ1) is 17.3. The molecule has 27 heavy (non-hydrogen) atoms. The van der Waals surface area contributed by atoms with Crippen LogP contribution in [0.4, 0.5) is 0 Å². The predicted molar refractivity (Wildman–Crippen MR) is 98.8 cm³/mol. The normalized spacial score (nSPS) is 19.6. The molecule has 1 aromatic carbocycles. The number of aromatic nitrogens is 4. The van der Waals surface area contributed by atoms with E-state index in [1.807, 2.05) is 12.1 Å². The Morgan fingerprint density at radius 2 is 1.89 bits per heavy atom. The number of amides is 1. The zero-order valence-electron chi connectivity index (χ0n) is 15.0. The number of aromatic amines is 1. The first-order valence-electron chi connectivity index (χ1n) is 8.98. The van der Waals surface area contributed by atoms with Gasteiger partial charge in [0, 0.05) is 24.0 Å². The minimum Gasteiger partial charge on any atom is -0.477 e. The summed E-state index contributed by atoms with van der Waals surface area (Å²) in [5.41, 5.74) is 2.34. The summed E-state index contributed by atoms with van der Waals surface area (Å²) < 4.78 is 11.1. The van der Waals surface area contributed by atoms with Gasteiger partial charge in [0.05, 0.1) is 24.5 Å². The van der Waals surface area contributed by atoms with E-state index in [0.29, 0.717) is 17.3 Å². The zero-order valence-corrected chi connectivity index (χ0v) is 15.0. The lowest BCUT2D eigenvalue weighted by Gasteiger charge is -2.29. The highest BCUT2D eigenvalue weighted by atomic mass is 16.5. The fourth-order valence-corrected chi connectivity index (χ4v) is 3.36. The molecular formula is C19H21N5O3. The molecule has 0 bridgehead atoms. The van der Waals surface area contributed by atoms with Gasteiger partial charge < -0.3 is 19.8 Å². The van der Waals surface area contributed by atoms with Crippen LogP contribution >= 0.6 is 0 Å². The second-order valence-electron chi connectivity index (χ2n) is 6.57. The molecule has 1 saturated carbocycles. The van der Waals surface area contributed by atoms with E-state index < -0.39 is 0 Å². The van der Waals surface area contributed by atoms with E-state index in [4.69, 9.17) is 9.47 Å². The first-order chi connectivity index (χ1) is 13.2. The number of H-pyrrole nitrogens is 1. The number of benzene rings is 1. The van der Waals surface area contributed by atoms with Gasteiger partial charge in [-0.3, -0.25) is 4.79 Å². The lowest BCUT2D eigenvalue weighted by molar-refractivity contribution is 0.0886. The third-order valence-corrected chi connectivity index (χ3v) is 4.80. The Morgan fingerprint density at radius 1 is 1.11 bits per heavy atom. The Bertz CT molecular complexity index is 934. The smallest absolute Gasteiger partial charge is 0.278 e. The van der Waals surface area contributed by atoms with Crippen LogP contribution in [0.5, 0.6) is 11.8 Å². The fraction of sp³-hybridized carbons (Fsp3) is 0.368. The number of carbonyl (C=O) groups excluding carboxylic acids is 1. The molecule has 1 fully saturated rings. The number of carbonyl (C=O) groups is 1. The Morgan fingerprint density at radius 3 is 2.67 bits per heavy atom. The average molecular weight is 367 g/mol. The quantitative estimate of drug-likeness (QED) is 0.718. The van der Waals surface area contributed by atoms with Gasteiger partial charge >= 0.3 is 0 Å². The molecule has 0 radical (unpaired) electrons. The van der Waals surface area contributed by atoms with Crippen LogP contribution < -0.4 is 14.8 Å². The molecule has 4 rings (SSSR count). The number of methoxy groups -OCH3 is 1. The molecule has 1 aliphatic rings. The minimum absolute atomic E-state index is 0.0464. The van der Waals surface area contributed by atoms with Gasteiger partial charge in [-0.25, -0.2) is 15.0 Å². The van der Waals surface area contributed by atoms with Gasteiger partial charge in [-0.2, -0.15) is 0 Å². The summed E-state index contributed by atoms with van der Waals surface area (Å²) in [6.45, 7) is 0. The molecule has 2 heterocycles. The summed E-state index contributed by atoms with van der Waals surface area (Å²) in [6.07, 6.45) is 8.20. The first-order valence-corrected chi connectivity index (χ1v) is 8.98. The summed E-state index contributed by atoms with van der Waals surface area (Å²) in [5, 5.41) is 3.12. The van der Waals surface area contributed by atoms with Crippen LogP contribution in [0.15, 0.2) is 36.9 Å². The van der Waals surface area contributed by atoms with E-state index in [-0.39, 0.29) is 18.1 Å². The molecule has 1 amide bonds. The van der Waals surface area contributed by atoms with Crippen LogP contribution in [0.1, 0.15) is 36.0 Å². The van der Waals surface area contributed by atoms with Crippen LogP contribution in [-0.4, -0.2) is 45.1 Å². The van der Waals surface area contributed by atoms with Gasteiger partial charge in [0.2, 0.25) is 0 Å². The largest absolute Gasteiger partial charge is 0.477 e. The van der Waals surface area contributed by atoms with Crippen molar-refractivity contribution in [2.75, 3.05) is 7.11 Å². The van der Waals surface area contributed by atoms with Gasteiger partial charge in [-0.1, -0.05) is 0 Å². The van der Waals surface area contributed by atoms with Crippen molar-refractivity contribution in [2.45, 2.75) is 37.8 Å². The summed E-state index contributed by atoms with van der Waals surface area (Å²) in [4.78, 5) is 28.0. The number of rotatable bonds is 5. The van der Waals surface area contributed by atoms with Crippen LogP contribution in [0.2, 0.25) is 0 Å². The summed E-state index contributed by atoms with van der Waals surface area (Å²) in [5.74, 6) is 0.744. The second kappa shape index (κ2) is 7.61. The molecule has 140 valence electrons. The topological polar surface area (TPSA) is 102 Å². The van der Waals surface area contributed by atoms with Gasteiger partial charge in [0.15, 0.2) is 0 Å². The zero-order chi connectivity index (χ0) is 18.6. The lowest BCUT2D eigenvalue weighted by Crippen LogP contribution is -2.39. The number of fused-ring (bicyclic) bond motifs is 1. The van der Waals surface area contributed by atoms with Crippen molar-refractivity contribution >= 4 is 16.9 Å². The monoisotopic (exact) mass is 367 g/mol. The maximum Gasteiger partial charge on any atom is 0.278 e. The van der Waals surface area contributed by atoms with Crippen molar-refractivity contribution in [3.63, 3.8) is 0 Å². The van der Waals surface area contributed by atoms with Crippen LogP contribution in [0.3, 0.4) is 0 Å². The van der Waals surface area contributed by atoms with Crippen molar-refractivity contribution in [3.8, 4) is 11.8 Å². The number of nitrogens with one attached hydrogen (secondary N) is 2. The van der Waals surface area contributed by atoms with Crippen molar-refractivity contribution in [1.82, 2.24) is 25.3 Å². The number of hydrogen-bond donors (Lipinski definition) is 2. The molecule has 0 unspecified atom stereocenters. The minimum atomic E-state index is -0.0635. The van der Waals surface area contributed by atoms with E-state index in [0.717, 1.165) is 36.7 Å². The Kier molecular flexibility index (Phi) is 4.86. The average Bonchev–Trinajstić information content (AvgIpc) is 3.17. The van der Waals surface area contributed by atoms with Gasteiger partial charge in [-0.05, 0) is 43.9 Å². The Balaban J connectivity index is 1.32. The molecule has 0 aliphatic heterocycles. The molecule has 3 aromatic rings. The maximum atomic E-state index is 12.5. The lowest BCUT2D eigenvalue weighted by atomic mass is 9.92. The highest BCUT2D eigenvalue weighted by Crippen LogP contribution is 2.27. The standard InChI is InChI=1S/C19H21N5O3/c1-26-18-19(21-9-8-20-18)27-14-5-3-13(4-6-14)24-17(25)12-2-7-15-16(10-12)23-11-22-15/h2,7-11,13-14H,3-6H2,1H3,(H,22,23)(H,24,25). The summed E-state index contributed by atoms with van der Waals surface area (Å²) >= 11 is 0. The number of ether oxygens (including phenoxy) is 2. The van der Waals surface area contributed by atoms with E-state index in [2.05, 4.69) is 25.3 Å². The molecule has 0 atom stereocenters. The van der Waals surface area contributed by atoms with Crippen molar-refractivity contribution in [3.05, 3.63) is 42.5 Å². The van der Waals surface area contributed by atoms with Crippen LogP contribution in [-0.2, 0) is 0 Å². The molecule has 8 nitrogen and oxygen atoms in total. The van der Waals surface area contributed by atoms with Crippen molar-refractivity contribution in [1.29, 1.82) is 0 Å². The van der Waals surface area contributed by atoms with Gasteiger partial charge in [0.1, 0.15) is 6.10 Å². The van der Waals surface area contributed by atoms with Crippen LogP contribution in [0.25, 0.3) is 11.0 Å². The maximum absolute atomic E-state index is 12.5. The van der Waals surface area contributed by atoms with Gasteiger partial charge in [-0.15, -0.1) is 0 Å². The highest BCUT2D eigenvalue weighted by Gasteiger charge is 2.25. The van der Waals surface area contributed by atoms with Gasteiger partial charge in [0.25, 0.3) is 17.7 Å². The summed E-state index contributed by atoms with van der Waals surface area (Å²) in [7, 11) is 1.55. The summed E-state index contributed by atoms with van der Waals surface area (Å²) in [6, 6.07) is 5.61. The van der Waals surface area contributed by atoms with E-state index in [1.54, 1.807) is 31.9 Å². The Hall–Kier alpha value is -3.16. The van der Waals surface area contributed by atoms with Crippen LogP contribution in [0, 0.1) is 0 Å². The SMILES string of the molecule is COc1nccnc1OC1CCC(NC(=O)c2ccc3nc[nH]c3c2)CC1. The molecule has 1 aliphatic carbocycles. The molecule has 0 spiro atoms. The molecule has 2 N–H and O–H groups in total. The molecule has 8 heteroatoms.